The molecule has 1 aliphatic heterocycles. The molecule has 1 fully saturated rings. The second-order valence-electron chi connectivity index (χ2n) is 7.80. The average Bonchev–Trinajstić information content (AvgIpc) is 3.24. The van der Waals surface area contributed by atoms with E-state index in [1.54, 1.807) is 36.3 Å². The number of methoxy groups -OCH3 is 1. The summed E-state index contributed by atoms with van der Waals surface area (Å²) in [4.78, 5) is 34.9. The molecule has 4 rings (SSSR count). The number of carbonyl (C=O) groups is 2. The molecule has 0 aliphatic carbocycles. The van der Waals surface area contributed by atoms with Crippen LogP contribution in [0.3, 0.4) is 0 Å². The van der Waals surface area contributed by atoms with Crippen LogP contribution in [0, 0.1) is 6.92 Å². The number of ether oxygens (including phenoxy) is 1. The molecular weight excluding hydrogens is 422 g/mol. The minimum absolute atomic E-state index is 0.00650. The molecule has 1 aromatic heterocycles. The Labute approximate surface area is 192 Å². The van der Waals surface area contributed by atoms with Crippen molar-refractivity contribution in [1.29, 1.82) is 0 Å². The predicted molar refractivity (Wildman–Crippen MR) is 126 cm³/mol. The Balaban J connectivity index is 1.40. The van der Waals surface area contributed by atoms with Crippen molar-refractivity contribution in [2.24, 2.45) is 0 Å². The van der Waals surface area contributed by atoms with E-state index in [1.807, 2.05) is 11.8 Å². The Morgan fingerprint density at radius 2 is 1.53 bits per heavy atom. The third-order valence-electron chi connectivity index (χ3n) is 5.79. The van der Waals surface area contributed by atoms with Crippen LogP contribution in [0.15, 0.2) is 48.5 Å². The van der Waals surface area contributed by atoms with E-state index in [0.29, 0.717) is 36.6 Å². The highest BCUT2D eigenvalue weighted by molar-refractivity contribution is 7.17. The van der Waals surface area contributed by atoms with Gasteiger partial charge in [-0.25, -0.2) is 4.98 Å². The number of thiazole rings is 1. The van der Waals surface area contributed by atoms with Gasteiger partial charge in [0.25, 0.3) is 11.8 Å². The highest BCUT2D eigenvalue weighted by Gasteiger charge is 2.28. The van der Waals surface area contributed by atoms with Crippen LogP contribution in [0.1, 0.15) is 38.2 Å². The number of rotatable bonds is 5. The van der Waals surface area contributed by atoms with Gasteiger partial charge in [0.15, 0.2) is 0 Å². The van der Waals surface area contributed by atoms with E-state index < -0.39 is 0 Å². The van der Waals surface area contributed by atoms with Gasteiger partial charge in [0.2, 0.25) is 0 Å². The zero-order chi connectivity index (χ0) is 22.7. The van der Waals surface area contributed by atoms with Gasteiger partial charge in [-0.3, -0.25) is 9.59 Å². The maximum Gasteiger partial charge on any atom is 0.265 e. The van der Waals surface area contributed by atoms with Gasteiger partial charge in [0.05, 0.1) is 12.8 Å². The summed E-state index contributed by atoms with van der Waals surface area (Å²) in [6.07, 6.45) is 0.994. The third kappa shape index (κ3) is 4.53. The molecule has 0 saturated carbocycles. The van der Waals surface area contributed by atoms with Crippen molar-refractivity contribution in [3.63, 3.8) is 0 Å². The van der Waals surface area contributed by atoms with Crippen LogP contribution in [0.2, 0.25) is 0 Å². The summed E-state index contributed by atoms with van der Waals surface area (Å²) in [6, 6.07) is 15.4. The molecule has 2 amide bonds. The number of amides is 2. The Morgan fingerprint density at radius 3 is 2.09 bits per heavy atom. The predicted octanol–water partition coefficient (Wildman–Crippen LogP) is 4.29. The second kappa shape index (κ2) is 9.53. The van der Waals surface area contributed by atoms with E-state index >= 15 is 0 Å². The average molecular weight is 450 g/mol. The molecule has 2 aromatic carbocycles. The highest BCUT2D eigenvalue weighted by Crippen LogP contribution is 2.29. The molecule has 0 unspecified atom stereocenters. The number of piperazine rings is 1. The lowest BCUT2D eigenvalue weighted by molar-refractivity contribution is 0.0537. The van der Waals surface area contributed by atoms with Crippen molar-refractivity contribution in [1.82, 2.24) is 14.8 Å². The SMILES string of the molecule is CCc1ccc(-c2nc(C)c(C(=O)N3CCN(C(=O)c4ccc(OC)cc4)CC3)s2)cc1. The summed E-state index contributed by atoms with van der Waals surface area (Å²) in [5.41, 5.74) is 3.69. The van der Waals surface area contributed by atoms with Gasteiger partial charge in [0.1, 0.15) is 15.6 Å². The first-order valence-electron chi connectivity index (χ1n) is 10.8. The fourth-order valence-corrected chi connectivity index (χ4v) is 4.81. The second-order valence-corrected chi connectivity index (χ2v) is 8.80. The van der Waals surface area contributed by atoms with Gasteiger partial charge < -0.3 is 14.5 Å². The van der Waals surface area contributed by atoms with Gasteiger partial charge in [-0.05, 0) is 43.2 Å². The van der Waals surface area contributed by atoms with Gasteiger partial charge in [0, 0.05) is 37.3 Å². The first kappa shape index (κ1) is 22.0. The fraction of sp³-hybridized carbons (Fsp3) is 0.320. The van der Waals surface area contributed by atoms with Gasteiger partial charge in [-0.15, -0.1) is 11.3 Å². The van der Waals surface area contributed by atoms with E-state index in [1.165, 1.54) is 16.9 Å². The van der Waals surface area contributed by atoms with Crippen LogP contribution in [-0.4, -0.2) is 59.9 Å². The Hall–Kier alpha value is -3.19. The number of benzene rings is 2. The number of hydrogen-bond donors (Lipinski definition) is 0. The Bertz CT molecular complexity index is 1100. The molecule has 166 valence electrons. The number of nitrogens with zero attached hydrogens (tertiary/aromatic N) is 3. The van der Waals surface area contributed by atoms with E-state index in [2.05, 4.69) is 36.2 Å². The minimum Gasteiger partial charge on any atom is -0.497 e. The first-order chi connectivity index (χ1) is 15.5. The molecule has 0 bridgehead atoms. The lowest BCUT2D eigenvalue weighted by Crippen LogP contribution is -2.50. The summed E-state index contributed by atoms with van der Waals surface area (Å²) in [5, 5.41) is 0.863. The zero-order valence-electron chi connectivity index (χ0n) is 18.6. The fourth-order valence-electron chi connectivity index (χ4n) is 3.77. The van der Waals surface area contributed by atoms with Crippen LogP contribution in [0.5, 0.6) is 5.75 Å². The minimum atomic E-state index is -0.0217. The summed E-state index contributed by atoms with van der Waals surface area (Å²) < 4.78 is 5.15. The van der Waals surface area contributed by atoms with Crippen LogP contribution in [-0.2, 0) is 6.42 Å². The molecule has 0 radical (unpaired) electrons. The quantitative estimate of drug-likeness (QED) is 0.583. The molecular formula is C25H27N3O3S. The molecule has 32 heavy (non-hydrogen) atoms. The van der Waals surface area contributed by atoms with Crippen LogP contribution >= 0.6 is 11.3 Å². The summed E-state index contributed by atoms with van der Waals surface area (Å²) in [6.45, 7) is 6.07. The molecule has 0 spiro atoms. The van der Waals surface area contributed by atoms with Crippen LogP contribution in [0.4, 0.5) is 0 Å². The van der Waals surface area contributed by atoms with Crippen LogP contribution in [0.25, 0.3) is 10.6 Å². The maximum absolute atomic E-state index is 13.2. The van der Waals surface area contributed by atoms with Gasteiger partial charge >= 0.3 is 0 Å². The lowest BCUT2D eigenvalue weighted by Gasteiger charge is -2.34. The molecule has 0 N–H and O–H groups in total. The zero-order valence-corrected chi connectivity index (χ0v) is 19.4. The monoisotopic (exact) mass is 449 g/mol. The topological polar surface area (TPSA) is 62.7 Å². The smallest absolute Gasteiger partial charge is 0.265 e. The molecule has 1 saturated heterocycles. The maximum atomic E-state index is 13.2. The first-order valence-corrected chi connectivity index (χ1v) is 11.6. The summed E-state index contributed by atoms with van der Waals surface area (Å²) in [5.74, 6) is 0.692. The summed E-state index contributed by atoms with van der Waals surface area (Å²) in [7, 11) is 1.60. The van der Waals surface area contributed by atoms with Crippen molar-refractivity contribution in [2.75, 3.05) is 33.3 Å². The number of carbonyl (C=O) groups excluding carboxylic acids is 2. The molecule has 6 nitrogen and oxygen atoms in total. The van der Waals surface area contributed by atoms with E-state index in [4.69, 9.17) is 4.74 Å². The lowest BCUT2D eigenvalue weighted by atomic mass is 10.1. The third-order valence-corrected chi connectivity index (χ3v) is 6.99. The Kier molecular flexibility index (Phi) is 6.55. The number of hydrogen-bond acceptors (Lipinski definition) is 5. The number of aryl methyl sites for hydroxylation is 2. The molecule has 7 heteroatoms. The largest absolute Gasteiger partial charge is 0.497 e. The standard InChI is InChI=1S/C25H27N3O3S/c1-4-18-5-7-19(8-6-18)23-26-17(2)22(32-23)25(30)28-15-13-27(14-16-28)24(29)20-9-11-21(31-3)12-10-20/h5-12H,4,13-16H2,1-3H3. The molecule has 1 aliphatic rings. The van der Waals surface area contributed by atoms with E-state index in [-0.39, 0.29) is 11.8 Å². The summed E-state index contributed by atoms with van der Waals surface area (Å²) >= 11 is 1.44. The van der Waals surface area contributed by atoms with Crippen molar-refractivity contribution >= 4 is 23.2 Å². The van der Waals surface area contributed by atoms with Crippen molar-refractivity contribution in [3.8, 4) is 16.3 Å². The van der Waals surface area contributed by atoms with Crippen LogP contribution < -0.4 is 4.74 Å². The molecule has 2 heterocycles. The Morgan fingerprint density at radius 1 is 0.938 bits per heavy atom. The highest BCUT2D eigenvalue weighted by atomic mass is 32.1. The normalized spacial score (nSPS) is 13.8. The van der Waals surface area contributed by atoms with Gasteiger partial charge in [-0.1, -0.05) is 31.2 Å². The molecule has 0 atom stereocenters. The van der Waals surface area contributed by atoms with E-state index in [9.17, 15) is 9.59 Å². The van der Waals surface area contributed by atoms with E-state index in [0.717, 1.165) is 28.4 Å². The van der Waals surface area contributed by atoms with Crippen molar-refractivity contribution in [3.05, 3.63) is 70.2 Å². The van der Waals surface area contributed by atoms with Gasteiger partial charge in [-0.2, -0.15) is 0 Å². The molecule has 3 aromatic rings. The van der Waals surface area contributed by atoms with Crippen molar-refractivity contribution < 1.29 is 14.3 Å². The van der Waals surface area contributed by atoms with Crippen molar-refractivity contribution in [2.45, 2.75) is 20.3 Å². The number of aromatic nitrogens is 1.